The van der Waals surface area contributed by atoms with Crippen LogP contribution < -0.4 is 20.1 Å². The van der Waals surface area contributed by atoms with Crippen molar-refractivity contribution in [3.63, 3.8) is 0 Å². The van der Waals surface area contributed by atoms with Gasteiger partial charge < -0.3 is 29.7 Å². The summed E-state index contributed by atoms with van der Waals surface area (Å²) in [6.07, 6.45) is 3.25. The molecule has 0 bridgehead atoms. The van der Waals surface area contributed by atoms with Gasteiger partial charge in [0.1, 0.15) is 29.2 Å². The fourth-order valence-corrected chi connectivity index (χ4v) is 3.64. The minimum atomic E-state index is -0.459. The van der Waals surface area contributed by atoms with Crippen molar-refractivity contribution in [2.45, 2.75) is 45.8 Å². The zero-order chi connectivity index (χ0) is 23.8. The predicted molar refractivity (Wildman–Crippen MR) is 127 cm³/mol. The molecule has 1 aliphatic rings. The zero-order valence-corrected chi connectivity index (χ0v) is 20.2. The van der Waals surface area contributed by atoms with E-state index in [2.05, 4.69) is 20.6 Å². The van der Waals surface area contributed by atoms with Gasteiger partial charge in [-0.25, -0.2) is 14.8 Å². The highest BCUT2D eigenvalue weighted by Crippen LogP contribution is 2.27. The summed E-state index contributed by atoms with van der Waals surface area (Å²) in [6, 6.07) is 7.50. The summed E-state index contributed by atoms with van der Waals surface area (Å²) in [7, 11) is 3.24. The number of ether oxygens (including phenoxy) is 3. The number of rotatable bonds is 8. The molecule has 3 rings (SSSR count). The number of piperidine rings is 1. The first-order valence-electron chi connectivity index (χ1n) is 11.3. The first-order valence-corrected chi connectivity index (χ1v) is 11.3. The Morgan fingerprint density at radius 3 is 2.33 bits per heavy atom. The van der Waals surface area contributed by atoms with Gasteiger partial charge in [0.2, 0.25) is 0 Å². The second kappa shape index (κ2) is 11.2. The molecule has 33 heavy (non-hydrogen) atoms. The number of carbonyl (C=O) groups is 1. The third-order valence-electron chi connectivity index (χ3n) is 5.35. The molecule has 180 valence electrons. The molecular formula is C24H35N5O4. The van der Waals surface area contributed by atoms with Crippen molar-refractivity contribution in [3.05, 3.63) is 36.3 Å². The Morgan fingerprint density at radius 1 is 1.06 bits per heavy atom. The number of nitrogens with one attached hydrogen (secondary N) is 2. The molecule has 1 amide bonds. The molecule has 2 heterocycles. The maximum absolute atomic E-state index is 12.2. The minimum Gasteiger partial charge on any atom is -0.497 e. The van der Waals surface area contributed by atoms with Crippen LogP contribution in [0.3, 0.4) is 0 Å². The van der Waals surface area contributed by atoms with Crippen molar-refractivity contribution in [1.29, 1.82) is 0 Å². The lowest BCUT2D eigenvalue weighted by Crippen LogP contribution is -2.43. The topological polar surface area (TPSA) is 97.8 Å². The van der Waals surface area contributed by atoms with Gasteiger partial charge >= 0.3 is 6.09 Å². The second-order valence-corrected chi connectivity index (χ2v) is 9.16. The standard InChI is InChI=1S/C24H35N5O4/c1-24(2,3)33-23(30)29-8-6-17(7-9-29)14-25-15-19-12-22(27-16-26-19)28-18-10-20(31-4)13-21(11-18)32-5/h10-13,16-17,25H,6-9,14-15H2,1-5H3,(H,26,27,28). The molecule has 0 atom stereocenters. The van der Waals surface area contributed by atoms with E-state index in [0.717, 1.165) is 43.9 Å². The van der Waals surface area contributed by atoms with Crippen LogP contribution >= 0.6 is 0 Å². The summed E-state index contributed by atoms with van der Waals surface area (Å²) in [4.78, 5) is 22.7. The fraction of sp³-hybridized carbons (Fsp3) is 0.542. The molecule has 2 N–H and O–H groups in total. The minimum absolute atomic E-state index is 0.219. The lowest BCUT2D eigenvalue weighted by molar-refractivity contribution is 0.0184. The normalized spacial score (nSPS) is 14.6. The van der Waals surface area contributed by atoms with Crippen LogP contribution in [0.15, 0.2) is 30.6 Å². The van der Waals surface area contributed by atoms with Crippen LogP contribution in [0.25, 0.3) is 0 Å². The number of carbonyl (C=O) groups excluding carboxylic acids is 1. The van der Waals surface area contributed by atoms with Gasteiger partial charge in [-0.15, -0.1) is 0 Å². The number of benzene rings is 1. The first-order chi connectivity index (χ1) is 15.8. The number of likely N-dealkylation sites (tertiary alicyclic amines) is 1. The van der Waals surface area contributed by atoms with Gasteiger partial charge in [-0.2, -0.15) is 0 Å². The number of amides is 1. The second-order valence-electron chi connectivity index (χ2n) is 9.16. The number of hydrogen-bond acceptors (Lipinski definition) is 8. The summed E-state index contributed by atoms with van der Waals surface area (Å²) >= 11 is 0. The number of anilines is 2. The van der Waals surface area contributed by atoms with E-state index in [1.54, 1.807) is 25.4 Å². The van der Waals surface area contributed by atoms with E-state index in [-0.39, 0.29) is 6.09 Å². The Hall–Kier alpha value is -3.07. The van der Waals surface area contributed by atoms with E-state index >= 15 is 0 Å². The van der Waals surface area contributed by atoms with Gasteiger partial charge in [0.15, 0.2) is 0 Å². The van der Waals surface area contributed by atoms with E-state index in [4.69, 9.17) is 14.2 Å². The highest BCUT2D eigenvalue weighted by Gasteiger charge is 2.26. The molecule has 0 radical (unpaired) electrons. The molecule has 1 aliphatic heterocycles. The van der Waals surface area contributed by atoms with Crippen molar-refractivity contribution < 1.29 is 19.0 Å². The molecule has 1 aromatic heterocycles. The SMILES string of the molecule is COc1cc(Nc2cc(CNCC3CCN(C(=O)OC(C)(C)C)CC3)ncn2)cc(OC)c1. The van der Waals surface area contributed by atoms with E-state index < -0.39 is 5.60 Å². The highest BCUT2D eigenvalue weighted by atomic mass is 16.6. The lowest BCUT2D eigenvalue weighted by Gasteiger charge is -2.33. The smallest absolute Gasteiger partial charge is 0.410 e. The molecule has 0 unspecified atom stereocenters. The molecule has 0 aliphatic carbocycles. The van der Waals surface area contributed by atoms with Crippen molar-refractivity contribution in [1.82, 2.24) is 20.2 Å². The highest BCUT2D eigenvalue weighted by molar-refractivity contribution is 5.68. The number of methoxy groups -OCH3 is 2. The van der Waals surface area contributed by atoms with Crippen LogP contribution in [-0.2, 0) is 11.3 Å². The van der Waals surface area contributed by atoms with E-state index in [1.165, 1.54) is 0 Å². The van der Waals surface area contributed by atoms with Crippen LogP contribution in [0, 0.1) is 5.92 Å². The molecule has 1 saturated heterocycles. The van der Waals surface area contributed by atoms with Crippen molar-refractivity contribution in [2.75, 3.05) is 39.2 Å². The van der Waals surface area contributed by atoms with E-state index in [0.29, 0.717) is 29.8 Å². The summed E-state index contributed by atoms with van der Waals surface area (Å²) in [5.41, 5.74) is 1.26. The molecule has 1 fully saturated rings. The molecule has 0 saturated carbocycles. The summed E-state index contributed by atoms with van der Waals surface area (Å²) in [5, 5.41) is 6.77. The Bertz CT molecular complexity index is 901. The maximum atomic E-state index is 12.2. The summed E-state index contributed by atoms with van der Waals surface area (Å²) < 4.78 is 16.1. The quantitative estimate of drug-likeness (QED) is 0.614. The van der Waals surface area contributed by atoms with Gasteiger partial charge in [-0.1, -0.05) is 0 Å². The van der Waals surface area contributed by atoms with Crippen LogP contribution in [0.2, 0.25) is 0 Å². The van der Waals surface area contributed by atoms with Gasteiger partial charge in [0.25, 0.3) is 0 Å². The summed E-state index contributed by atoms with van der Waals surface area (Å²) in [5.74, 6) is 2.62. The van der Waals surface area contributed by atoms with Crippen LogP contribution in [0.5, 0.6) is 11.5 Å². The Kier molecular flexibility index (Phi) is 8.32. The summed E-state index contributed by atoms with van der Waals surface area (Å²) in [6.45, 7) is 8.65. The Balaban J connectivity index is 1.46. The molecule has 9 heteroatoms. The van der Waals surface area contributed by atoms with Gasteiger partial charge in [0.05, 0.1) is 19.9 Å². The zero-order valence-electron chi connectivity index (χ0n) is 20.2. The van der Waals surface area contributed by atoms with Gasteiger partial charge in [-0.05, 0) is 46.1 Å². The largest absolute Gasteiger partial charge is 0.497 e. The Labute approximate surface area is 195 Å². The third-order valence-corrected chi connectivity index (χ3v) is 5.35. The third kappa shape index (κ3) is 7.78. The van der Waals surface area contributed by atoms with Gasteiger partial charge in [0, 0.05) is 49.6 Å². The van der Waals surface area contributed by atoms with Crippen LogP contribution in [0.1, 0.15) is 39.3 Å². The number of nitrogens with zero attached hydrogens (tertiary/aromatic N) is 3. The van der Waals surface area contributed by atoms with Crippen LogP contribution in [-0.4, -0.2) is 60.4 Å². The Morgan fingerprint density at radius 2 is 1.73 bits per heavy atom. The van der Waals surface area contributed by atoms with E-state index in [9.17, 15) is 4.79 Å². The van der Waals surface area contributed by atoms with Crippen molar-refractivity contribution in [2.24, 2.45) is 5.92 Å². The number of aromatic nitrogens is 2. The van der Waals surface area contributed by atoms with Crippen LogP contribution in [0.4, 0.5) is 16.3 Å². The average Bonchev–Trinajstić information content (AvgIpc) is 2.78. The average molecular weight is 458 g/mol. The fourth-order valence-electron chi connectivity index (χ4n) is 3.64. The first kappa shape index (κ1) is 24.6. The van der Waals surface area contributed by atoms with Crippen molar-refractivity contribution >= 4 is 17.6 Å². The van der Waals surface area contributed by atoms with E-state index in [1.807, 2.05) is 45.0 Å². The monoisotopic (exact) mass is 457 g/mol. The van der Waals surface area contributed by atoms with Gasteiger partial charge in [-0.3, -0.25) is 0 Å². The predicted octanol–water partition coefficient (Wildman–Crippen LogP) is 3.97. The lowest BCUT2D eigenvalue weighted by atomic mass is 9.97. The number of hydrogen-bond donors (Lipinski definition) is 2. The van der Waals surface area contributed by atoms with Crippen molar-refractivity contribution in [3.8, 4) is 11.5 Å². The molecular weight excluding hydrogens is 422 g/mol. The molecule has 9 nitrogen and oxygen atoms in total. The molecule has 1 aromatic carbocycles. The molecule has 2 aromatic rings. The maximum Gasteiger partial charge on any atom is 0.410 e. The molecule has 0 spiro atoms.